The molecule has 1 N–H and O–H groups in total. The summed E-state index contributed by atoms with van der Waals surface area (Å²) in [5.74, 6) is 0.703. The number of aliphatic hydroxyl groups is 1. The SMILES string of the molecule is CCC(CBr)CN(CCO)C(C)C. The van der Waals surface area contributed by atoms with E-state index in [0.717, 1.165) is 18.4 Å². The molecule has 0 spiro atoms. The molecule has 1 atom stereocenters. The highest BCUT2D eigenvalue weighted by molar-refractivity contribution is 9.09. The topological polar surface area (TPSA) is 23.5 Å². The fourth-order valence-electron chi connectivity index (χ4n) is 1.31. The molecule has 0 fully saturated rings. The normalized spacial score (nSPS) is 14.1. The van der Waals surface area contributed by atoms with Crippen molar-refractivity contribution in [3.63, 3.8) is 0 Å². The molecule has 0 radical (unpaired) electrons. The van der Waals surface area contributed by atoms with Gasteiger partial charge in [0.1, 0.15) is 0 Å². The predicted octanol–water partition coefficient (Wildman–Crippen LogP) is 2.11. The van der Waals surface area contributed by atoms with Crippen LogP contribution in [-0.4, -0.2) is 41.1 Å². The van der Waals surface area contributed by atoms with Crippen LogP contribution in [-0.2, 0) is 0 Å². The van der Waals surface area contributed by atoms with Crippen molar-refractivity contribution in [3.8, 4) is 0 Å². The Hall–Kier alpha value is 0.400. The Balaban J connectivity index is 3.91. The van der Waals surface area contributed by atoms with E-state index in [1.54, 1.807) is 0 Å². The van der Waals surface area contributed by atoms with Crippen LogP contribution in [0.15, 0.2) is 0 Å². The highest BCUT2D eigenvalue weighted by atomic mass is 79.9. The van der Waals surface area contributed by atoms with Gasteiger partial charge in [-0.1, -0.05) is 29.3 Å². The number of aliphatic hydroxyl groups excluding tert-OH is 1. The van der Waals surface area contributed by atoms with Crippen molar-refractivity contribution in [1.29, 1.82) is 0 Å². The second kappa shape index (κ2) is 7.77. The average molecular weight is 252 g/mol. The lowest BCUT2D eigenvalue weighted by Crippen LogP contribution is -2.37. The summed E-state index contributed by atoms with van der Waals surface area (Å²) in [6, 6.07) is 0.528. The van der Waals surface area contributed by atoms with Crippen LogP contribution in [0.2, 0.25) is 0 Å². The van der Waals surface area contributed by atoms with E-state index < -0.39 is 0 Å². The second-order valence-corrected chi connectivity index (χ2v) is 4.39. The summed E-state index contributed by atoms with van der Waals surface area (Å²) in [5.41, 5.74) is 0. The minimum absolute atomic E-state index is 0.261. The Bertz CT molecular complexity index is 115. The van der Waals surface area contributed by atoms with Crippen LogP contribution in [0, 0.1) is 5.92 Å². The van der Waals surface area contributed by atoms with Gasteiger partial charge in [-0.05, 0) is 19.8 Å². The molecular formula is C10H22BrNO. The molecule has 0 aromatic rings. The monoisotopic (exact) mass is 251 g/mol. The molecule has 3 heteroatoms. The molecule has 0 aliphatic heterocycles. The fourth-order valence-corrected chi connectivity index (χ4v) is 1.97. The van der Waals surface area contributed by atoms with E-state index in [2.05, 4.69) is 41.6 Å². The van der Waals surface area contributed by atoms with Crippen LogP contribution in [0.5, 0.6) is 0 Å². The van der Waals surface area contributed by atoms with E-state index in [1.165, 1.54) is 6.42 Å². The minimum atomic E-state index is 0.261. The first-order valence-corrected chi connectivity index (χ1v) is 6.18. The Morgan fingerprint density at radius 2 is 2.00 bits per heavy atom. The smallest absolute Gasteiger partial charge is 0.0558 e. The van der Waals surface area contributed by atoms with Crippen LogP contribution in [0.4, 0.5) is 0 Å². The van der Waals surface area contributed by atoms with Gasteiger partial charge in [0.25, 0.3) is 0 Å². The highest BCUT2D eigenvalue weighted by Gasteiger charge is 2.13. The second-order valence-electron chi connectivity index (χ2n) is 3.74. The molecule has 0 saturated heterocycles. The van der Waals surface area contributed by atoms with E-state index in [4.69, 9.17) is 5.11 Å². The molecule has 0 aromatic heterocycles. The van der Waals surface area contributed by atoms with E-state index >= 15 is 0 Å². The van der Waals surface area contributed by atoms with Gasteiger partial charge in [-0.2, -0.15) is 0 Å². The molecule has 13 heavy (non-hydrogen) atoms. The Kier molecular flexibility index (Phi) is 8.01. The molecule has 0 aliphatic carbocycles. The zero-order valence-electron chi connectivity index (χ0n) is 8.96. The van der Waals surface area contributed by atoms with Crippen molar-refractivity contribution in [2.24, 2.45) is 5.92 Å². The van der Waals surface area contributed by atoms with E-state index in [-0.39, 0.29) is 6.61 Å². The first-order chi connectivity index (χ1) is 6.15. The summed E-state index contributed by atoms with van der Waals surface area (Å²) in [4.78, 5) is 2.33. The van der Waals surface area contributed by atoms with Crippen molar-refractivity contribution in [2.75, 3.05) is 25.0 Å². The first-order valence-electron chi connectivity index (χ1n) is 5.06. The number of nitrogens with zero attached hydrogens (tertiary/aromatic N) is 1. The van der Waals surface area contributed by atoms with Gasteiger partial charge in [0.05, 0.1) is 6.61 Å². The molecule has 0 bridgehead atoms. The summed E-state index contributed by atoms with van der Waals surface area (Å²) in [6.45, 7) is 8.70. The van der Waals surface area contributed by atoms with Crippen molar-refractivity contribution >= 4 is 15.9 Å². The third-order valence-corrected chi connectivity index (χ3v) is 3.32. The number of alkyl halides is 1. The predicted molar refractivity (Wildman–Crippen MR) is 61.4 cm³/mol. The van der Waals surface area contributed by atoms with Gasteiger partial charge in [-0.3, -0.25) is 4.90 Å². The third kappa shape index (κ3) is 5.66. The Morgan fingerprint density at radius 1 is 1.38 bits per heavy atom. The van der Waals surface area contributed by atoms with Crippen molar-refractivity contribution in [1.82, 2.24) is 4.90 Å². The van der Waals surface area contributed by atoms with Gasteiger partial charge in [0.2, 0.25) is 0 Å². The van der Waals surface area contributed by atoms with Crippen molar-refractivity contribution in [3.05, 3.63) is 0 Å². The maximum absolute atomic E-state index is 8.89. The van der Waals surface area contributed by atoms with Crippen LogP contribution >= 0.6 is 15.9 Å². The Morgan fingerprint density at radius 3 is 2.31 bits per heavy atom. The van der Waals surface area contributed by atoms with Gasteiger partial charge in [-0.15, -0.1) is 0 Å². The van der Waals surface area contributed by atoms with Crippen LogP contribution < -0.4 is 0 Å². The maximum Gasteiger partial charge on any atom is 0.0558 e. The summed E-state index contributed by atoms with van der Waals surface area (Å²) in [5, 5.41) is 9.94. The number of hydrogen-bond donors (Lipinski definition) is 1. The maximum atomic E-state index is 8.89. The molecule has 0 saturated carbocycles. The van der Waals surface area contributed by atoms with E-state index in [1.807, 2.05) is 0 Å². The van der Waals surface area contributed by atoms with Gasteiger partial charge in [-0.25, -0.2) is 0 Å². The minimum Gasteiger partial charge on any atom is -0.395 e. The lowest BCUT2D eigenvalue weighted by Gasteiger charge is -2.28. The molecule has 0 heterocycles. The lowest BCUT2D eigenvalue weighted by atomic mass is 10.1. The number of halogens is 1. The van der Waals surface area contributed by atoms with Crippen LogP contribution in [0.25, 0.3) is 0 Å². The number of rotatable bonds is 7. The summed E-state index contributed by atoms with van der Waals surface area (Å²) >= 11 is 3.52. The van der Waals surface area contributed by atoms with Crippen LogP contribution in [0.1, 0.15) is 27.2 Å². The van der Waals surface area contributed by atoms with Crippen LogP contribution in [0.3, 0.4) is 0 Å². The summed E-state index contributed by atoms with van der Waals surface area (Å²) < 4.78 is 0. The van der Waals surface area contributed by atoms with Gasteiger partial charge >= 0.3 is 0 Å². The Labute approximate surface area is 90.4 Å². The largest absolute Gasteiger partial charge is 0.395 e. The number of hydrogen-bond acceptors (Lipinski definition) is 2. The highest BCUT2D eigenvalue weighted by Crippen LogP contribution is 2.10. The molecular weight excluding hydrogens is 230 g/mol. The summed E-state index contributed by atoms with van der Waals surface area (Å²) in [7, 11) is 0. The average Bonchev–Trinajstić information content (AvgIpc) is 2.11. The van der Waals surface area contributed by atoms with Gasteiger partial charge in [0.15, 0.2) is 0 Å². The zero-order chi connectivity index (χ0) is 10.3. The quantitative estimate of drug-likeness (QED) is 0.701. The molecule has 0 aliphatic rings. The van der Waals surface area contributed by atoms with Gasteiger partial charge in [0, 0.05) is 24.5 Å². The molecule has 0 rings (SSSR count). The molecule has 0 aromatic carbocycles. The van der Waals surface area contributed by atoms with E-state index in [0.29, 0.717) is 12.0 Å². The third-order valence-electron chi connectivity index (χ3n) is 2.41. The zero-order valence-corrected chi connectivity index (χ0v) is 10.5. The standard InChI is InChI=1S/C10H22BrNO/c1-4-10(7-11)8-12(5-6-13)9(2)3/h9-10,13H,4-8H2,1-3H3. The molecule has 0 amide bonds. The van der Waals surface area contributed by atoms with Crippen molar-refractivity contribution in [2.45, 2.75) is 33.2 Å². The molecule has 1 unspecified atom stereocenters. The molecule has 2 nitrogen and oxygen atoms in total. The molecule has 80 valence electrons. The summed E-state index contributed by atoms with van der Waals surface area (Å²) in [6.07, 6.45) is 1.19. The first kappa shape index (κ1) is 13.4. The lowest BCUT2D eigenvalue weighted by molar-refractivity contribution is 0.148. The fraction of sp³-hybridized carbons (Fsp3) is 1.00. The van der Waals surface area contributed by atoms with E-state index in [9.17, 15) is 0 Å². The van der Waals surface area contributed by atoms with Crippen molar-refractivity contribution < 1.29 is 5.11 Å². The van der Waals surface area contributed by atoms with Gasteiger partial charge < -0.3 is 5.11 Å².